The number of nitrogens with zero attached hydrogens (tertiary/aromatic N) is 2. The molecule has 6 heteroatoms. The first-order valence-corrected chi connectivity index (χ1v) is 6.07. The maximum absolute atomic E-state index is 12.0. The van der Waals surface area contributed by atoms with Crippen LogP contribution in [0, 0.1) is 6.92 Å². The minimum Gasteiger partial charge on any atom is -0.480 e. The van der Waals surface area contributed by atoms with Gasteiger partial charge in [0.15, 0.2) is 0 Å². The number of carbonyl (C=O) groups excluding carboxylic acids is 1. The summed E-state index contributed by atoms with van der Waals surface area (Å²) < 4.78 is 1.57. The lowest BCUT2D eigenvalue weighted by Crippen LogP contribution is -2.41. The Morgan fingerprint density at radius 3 is 2.67 bits per heavy atom. The standard InChI is InChI=1S/C12H19N3O3/c1-4-6-9(12(17)18)13-11(16)10-7-8(3)14-15(10)5-2/h7,9H,4-6H2,1-3H3,(H,13,16)(H,17,18). The van der Waals surface area contributed by atoms with E-state index in [0.717, 1.165) is 5.69 Å². The van der Waals surface area contributed by atoms with E-state index in [2.05, 4.69) is 10.4 Å². The molecule has 2 N–H and O–H groups in total. The van der Waals surface area contributed by atoms with E-state index in [1.165, 1.54) is 0 Å². The van der Waals surface area contributed by atoms with Gasteiger partial charge in [-0.05, 0) is 26.3 Å². The first-order chi connectivity index (χ1) is 8.49. The molecule has 0 aromatic carbocycles. The molecule has 0 radical (unpaired) electrons. The average molecular weight is 253 g/mol. The first kappa shape index (κ1) is 14.2. The van der Waals surface area contributed by atoms with Gasteiger partial charge in [0.05, 0.1) is 5.69 Å². The lowest BCUT2D eigenvalue weighted by Gasteiger charge is -2.13. The molecule has 1 aromatic heterocycles. The van der Waals surface area contributed by atoms with Gasteiger partial charge in [0.2, 0.25) is 0 Å². The van der Waals surface area contributed by atoms with Crippen LogP contribution in [0.2, 0.25) is 0 Å². The quantitative estimate of drug-likeness (QED) is 0.797. The number of carboxylic acid groups (broad SMARTS) is 1. The zero-order chi connectivity index (χ0) is 13.7. The summed E-state index contributed by atoms with van der Waals surface area (Å²) in [5.41, 5.74) is 1.14. The fourth-order valence-corrected chi connectivity index (χ4v) is 1.75. The Bertz CT molecular complexity index is 440. The normalized spacial score (nSPS) is 12.2. The van der Waals surface area contributed by atoms with Crippen LogP contribution in [-0.2, 0) is 11.3 Å². The molecule has 0 saturated heterocycles. The molecule has 1 rings (SSSR count). The number of hydrogen-bond acceptors (Lipinski definition) is 3. The predicted molar refractivity (Wildman–Crippen MR) is 66.4 cm³/mol. The Morgan fingerprint density at radius 1 is 1.50 bits per heavy atom. The highest BCUT2D eigenvalue weighted by Crippen LogP contribution is 2.05. The molecule has 0 aliphatic carbocycles. The fourth-order valence-electron chi connectivity index (χ4n) is 1.75. The lowest BCUT2D eigenvalue weighted by molar-refractivity contribution is -0.139. The third kappa shape index (κ3) is 3.32. The van der Waals surface area contributed by atoms with Crippen LogP contribution < -0.4 is 5.32 Å². The molecule has 18 heavy (non-hydrogen) atoms. The third-order valence-corrected chi connectivity index (χ3v) is 2.62. The number of amides is 1. The summed E-state index contributed by atoms with van der Waals surface area (Å²) in [5.74, 6) is -1.40. The van der Waals surface area contributed by atoms with E-state index in [4.69, 9.17) is 5.11 Å². The van der Waals surface area contributed by atoms with E-state index < -0.39 is 17.9 Å². The molecular weight excluding hydrogens is 234 g/mol. The van der Waals surface area contributed by atoms with Crippen molar-refractivity contribution in [1.82, 2.24) is 15.1 Å². The van der Waals surface area contributed by atoms with E-state index in [0.29, 0.717) is 25.1 Å². The van der Waals surface area contributed by atoms with E-state index in [9.17, 15) is 9.59 Å². The number of aliphatic carboxylic acids is 1. The van der Waals surface area contributed by atoms with Crippen LogP contribution in [0.3, 0.4) is 0 Å². The zero-order valence-corrected chi connectivity index (χ0v) is 10.9. The molecule has 1 amide bonds. The van der Waals surface area contributed by atoms with Gasteiger partial charge in [-0.1, -0.05) is 13.3 Å². The first-order valence-electron chi connectivity index (χ1n) is 6.07. The van der Waals surface area contributed by atoms with Crippen molar-refractivity contribution < 1.29 is 14.7 Å². The second-order valence-corrected chi connectivity index (χ2v) is 4.14. The van der Waals surface area contributed by atoms with Crippen LogP contribution in [0.1, 0.15) is 42.9 Å². The van der Waals surface area contributed by atoms with Gasteiger partial charge in [0, 0.05) is 6.54 Å². The summed E-state index contributed by atoms with van der Waals surface area (Å²) in [6.07, 6.45) is 1.11. The zero-order valence-electron chi connectivity index (χ0n) is 10.9. The smallest absolute Gasteiger partial charge is 0.326 e. The molecule has 1 unspecified atom stereocenters. The van der Waals surface area contributed by atoms with Gasteiger partial charge in [0.1, 0.15) is 11.7 Å². The third-order valence-electron chi connectivity index (χ3n) is 2.62. The monoisotopic (exact) mass is 253 g/mol. The minimum atomic E-state index is -1.01. The van der Waals surface area contributed by atoms with Crippen molar-refractivity contribution in [1.29, 1.82) is 0 Å². The molecule has 6 nitrogen and oxygen atoms in total. The minimum absolute atomic E-state index is 0.390. The number of nitrogens with one attached hydrogen (secondary N) is 1. The molecule has 0 fully saturated rings. The van der Waals surface area contributed by atoms with Crippen molar-refractivity contribution in [2.45, 2.75) is 46.2 Å². The van der Waals surface area contributed by atoms with Gasteiger partial charge in [-0.3, -0.25) is 9.48 Å². The highest BCUT2D eigenvalue weighted by Gasteiger charge is 2.21. The number of rotatable bonds is 6. The maximum atomic E-state index is 12.0. The Balaban J connectivity index is 2.83. The maximum Gasteiger partial charge on any atom is 0.326 e. The highest BCUT2D eigenvalue weighted by molar-refractivity contribution is 5.95. The molecule has 0 aliphatic heterocycles. The molecule has 0 spiro atoms. The second-order valence-electron chi connectivity index (χ2n) is 4.14. The van der Waals surface area contributed by atoms with Crippen molar-refractivity contribution in [3.8, 4) is 0 Å². The van der Waals surface area contributed by atoms with Crippen molar-refractivity contribution in [2.75, 3.05) is 0 Å². The Morgan fingerprint density at radius 2 is 2.17 bits per heavy atom. The van der Waals surface area contributed by atoms with Gasteiger partial charge in [-0.25, -0.2) is 4.79 Å². The van der Waals surface area contributed by atoms with Crippen LogP contribution in [0.4, 0.5) is 0 Å². The molecule has 0 aliphatic rings. The lowest BCUT2D eigenvalue weighted by atomic mass is 10.1. The van der Waals surface area contributed by atoms with Crippen LogP contribution in [0.15, 0.2) is 6.07 Å². The summed E-state index contributed by atoms with van der Waals surface area (Å²) in [5, 5.41) is 15.7. The highest BCUT2D eigenvalue weighted by atomic mass is 16.4. The summed E-state index contributed by atoms with van der Waals surface area (Å²) in [4.78, 5) is 23.0. The van der Waals surface area contributed by atoms with Gasteiger partial charge >= 0.3 is 5.97 Å². The van der Waals surface area contributed by atoms with Crippen molar-refractivity contribution in [3.05, 3.63) is 17.5 Å². The van der Waals surface area contributed by atoms with Crippen LogP contribution in [0.5, 0.6) is 0 Å². The predicted octanol–water partition coefficient (Wildman–Crippen LogP) is 1.19. The molecule has 0 bridgehead atoms. The molecule has 1 heterocycles. The van der Waals surface area contributed by atoms with Crippen molar-refractivity contribution in [2.24, 2.45) is 0 Å². The number of hydrogen-bond donors (Lipinski definition) is 2. The van der Waals surface area contributed by atoms with Crippen molar-refractivity contribution >= 4 is 11.9 Å². The topological polar surface area (TPSA) is 84.2 Å². The molecule has 100 valence electrons. The number of aromatic nitrogens is 2. The van der Waals surface area contributed by atoms with E-state index in [-0.39, 0.29) is 0 Å². The number of carbonyl (C=O) groups is 2. The number of carboxylic acids is 1. The van der Waals surface area contributed by atoms with E-state index in [1.807, 2.05) is 13.8 Å². The fraction of sp³-hybridized carbons (Fsp3) is 0.583. The summed E-state index contributed by atoms with van der Waals surface area (Å²) in [7, 11) is 0. The summed E-state index contributed by atoms with van der Waals surface area (Å²) in [6.45, 7) is 6.12. The van der Waals surface area contributed by atoms with Gasteiger partial charge in [-0.2, -0.15) is 5.10 Å². The van der Waals surface area contributed by atoms with Crippen LogP contribution >= 0.6 is 0 Å². The molecule has 0 saturated carbocycles. The molecule has 1 atom stereocenters. The van der Waals surface area contributed by atoms with Gasteiger partial charge < -0.3 is 10.4 Å². The Labute approximate surface area is 106 Å². The van der Waals surface area contributed by atoms with Gasteiger partial charge in [-0.15, -0.1) is 0 Å². The Kier molecular flexibility index (Phi) is 4.88. The largest absolute Gasteiger partial charge is 0.480 e. The van der Waals surface area contributed by atoms with E-state index in [1.54, 1.807) is 17.7 Å². The summed E-state index contributed by atoms with van der Waals surface area (Å²) in [6, 6.07) is 0.812. The average Bonchev–Trinajstić information content (AvgIpc) is 2.69. The molecule has 1 aromatic rings. The summed E-state index contributed by atoms with van der Waals surface area (Å²) >= 11 is 0. The van der Waals surface area contributed by atoms with E-state index >= 15 is 0 Å². The molecular formula is C12H19N3O3. The van der Waals surface area contributed by atoms with Crippen molar-refractivity contribution in [3.63, 3.8) is 0 Å². The van der Waals surface area contributed by atoms with Crippen LogP contribution in [-0.4, -0.2) is 32.8 Å². The van der Waals surface area contributed by atoms with Crippen LogP contribution in [0.25, 0.3) is 0 Å². The SMILES string of the molecule is CCCC(NC(=O)c1cc(C)nn1CC)C(=O)O. The Hall–Kier alpha value is -1.85. The number of aryl methyl sites for hydroxylation is 2. The van der Waals surface area contributed by atoms with Gasteiger partial charge in [0.25, 0.3) is 5.91 Å². The second kappa shape index (κ2) is 6.18.